The molecule has 6 heterocycles. The van der Waals surface area contributed by atoms with Crippen molar-refractivity contribution >= 4 is 11.7 Å². The lowest BCUT2D eigenvalue weighted by molar-refractivity contribution is -0.216. The number of halogens is 4. The number of nitrogens with zero attached hydrogens (tertiary/aromatic N) is 8. The van der Waals surface area contributed by atoms with Crippen LogP contribution in [0, 0.1) is 11.2 Å². The number of carbonyl (C=O) groups is 1. The molecule has 55 heavy (non-hydrogen) atoms. The molecule has 4 fully saturated rings. The van der Waals surface area contributed by atoms with Crippen LogP contribution in [-0.4, -0.2) is 137 Å². The second-order valence-corrected chi connectivity index (χ2v) is 15.9. The highest BCUT2D eigenvalue weighted by Gasteiger charge is 2.54. The standard InChI is InChI=1S/C38H46F4N8O5/c1-25(2)50(22-38(40,41)42)35(51)28-14-26(39)4-5-31(28)55-34-33(44-24-45-46-34)49-18-36(19-49)15-27(16-36)54-32-6-8-43-30-7-11-47(17-29(30)32)9-3-10-48-20-37(21-48)23-52-12-13-53-37/h4-6,8,14,24-25,27H,3,7,9-13,15-23H2,1-2H3. The molecule has 1 amide bonds. The van der Waals surface area contributed by atoms with Crippen LogP contribution in [0.25, 0.3) is 0 Å². The largest absolute Gasteiger partial charge is 0.490 e. The highest BCUT2D eigenvalue weighted by Crippen LogP contribution is 2.52. The third kappa shape index (κ3) is 8.20. The predicted octanol–water partition coefficient (Wildman–Crippen LogP) is 4.51. The van der Waals surface area contributed by atoms with Crippen LogP contribution in [0.15, 0.2) is 36.8 Å². The first-order valence-corrected chi connectivity index (χ1v) is 18.9. The summed E-state index contributed by atoms with van der Waals surface area (Å²) in [6.07, 6.45) is 2.20. The van der Waals surface area contributed by atoms with Crippen LogP contribution in [0.4, 0.5) is 23.4 Å². The van der Waals surface area contributed by atoms with Crippen molar-refractivity contribution in [1.29, 1.82) is 0 Å². The predicted molar refractivity (Wildman–Crippen MR) is 191 cm³/mol. The summed E-state index contributed by atoms with van der Waals surface area (Å²) in [6.45, 7) is 10.5. The molecule has 1 aromatic carbocycles. The number of hydrogen-bond donors (Lipinski definition) is 0. The van der Waals surface area contributed by atoms with Crippen LogP contribution in [0.2, 0.25) is 0 Å². The van der Waals surface area contributed by atoms with Gasteiger partial charge in [0.2, 0.25) is 0 Å². The van der Waals surface area contributed by atoms with Crippen molar-refractivity contribution < 1.29 is 41.3 Å². The molecule has 2 aromatic heterocycles. The van der Waals surface area contributed by atoms with Gasteiger partial charge < -0.3 is 28.7 Å². The molecular formula is C38H46F4N8O5. The molecule has 0 atom stereocenters. The molecule has 1 aliphatic carbocycles. The van der Waals surface area contributed by atoms with Gasteiger partial charge in [-0.3, -0.25) is 19.6 Å². The zero-order valence-corrected chi connectivity index (χ0v) is 31.1. The minimum absolute atomic E-state index is 0.0165. The molecule has 1 saturated carbocycles. The number of hydrogen-bond acceptors (Lipinski definition) is 12. The Balaban J connectivity index is 0.850. The average molecular weight is 771 g/mol. The molecular weight excluding hydrogens is 724 g/mol. The number of anilines is 1. The normalized spacial score (nSPS) is 20.8. The van der Waals surface area contributed by atoms with Crippen LogP contribution in [0.5, 0.6) is 17.4 Å². The van der Waals surface area contributed by atoms with Gasteiger partial charge in [-0.15, -0.1) is 10.2 Å². The maximum absolute atomic E-state index is 14.3. The molecule has 4 aliphatic heterocycles. The smallest absolute Gasteiger partial charge is 0.406 e. The molecule has 0 radical (unpaired) electrons. The van der Waals surface area contributed by atoms with Crippen LogP contribution < -0.4 is 14.4 Å². The van der Waals surface area contributed by atoms with E-state index in [4.69, 9.17) is 18.9 Å². The highest BCUT2D eigenvalue weighted by atomic mass is 19.4. The fourth-order valence-electron chi connectivity index (χ4n) is 8.59. The second kappa shape index (κ2) is 15.0. The van der Waals surface area contributed by atoms with Crippen molar-refractivity contribution in [2.24, 2.45) is 5.41 Å². The van der Waals surface area contributed by atoms with Crippen LogP contribution in [0.3, 0.4) is 0 Å². The highest BCUT2D eigenvalue weighted by molar-refractivity contribution is 5.97. The SMILES string of the molecule is CC(C)N(CC(F)(F)F)C(=O)c1cc(F)ccc1Oc1nncnc1N1CC2(CC(Oc3ccnc4c3CN(CCCN3CC5(COCCO5)C3)CC4)C2)C1. The van der Waals surface area contributed by atoms with Crippen molar-refractivity contribution in [3.63, 3.8) is 0 Å². The van der Waals surface area contributed by atoms with E-state index < -0.39 is 30.5 Å². The van der Waals surface area contributed by atoms with E-state index in [0.717, 1.165) is 88.5 Å². The van der Waals surface area contributed by atoms with Crippen molar-refractivity contribution in [2.45, 2.75) is 70.0 Å². The van der Waals surface area contributed by atoms with Crippen molar-refractivity contribution in [3.05, 3.63) is 59.4 Å². The molecule has 2 spiro atoms. The summed E-state index contributed by atoms with van der Waals surface area (Å²) in [4.78, 5) is 29.9. The topological polar surface area (TPSA) is 119 Å². The van der Waals surface area contributed by atoms with Gasteiger partial charge in [0, 0.05) is 74.6 Å². The van der Waals surface area contributed by atoms with E-state index in [1.54, 1.807) is 0 Å². The molecule has 8 rings (SSSR count). The third-order valence-electron chi connectivity index (χ3n) is 11.3. The molecule has 17 heteroatoms. The molecule has 3 aromatic rings. The lowest BCUT2D eigenvalue weighted by atomic mass is 9.61. The minimum atomic E-state index is -4.64. The van der Waals surface area contributed by atoms with Gasteiger partial charge in [0.25, 0.3) is 11.8 Å². The Morgan fingerprint density at radius 1 is 1.05 bits per heavy atom. The fourth-order valence-corrected chi connectivity index (χ4v) is 8.59. The number of aromatic nitrogens is 4. The molecule has 0 unspecified atom stereocenters. The number of likely N-dealkylation sites (tertiary alicyclic amines) is 1. The van der Waals surface area contributed by atoms with Crippen LogP contribution in [0.1, 0.15) is 54.7 Å². The van der Waals surface area contributed by atoms with Crippen LogP contribution >= 0.6 is 0 Å². The first-order valence-electron chi connectivity index (χ1n) is 18.9. The number of amides is 1. The molecule has 13 nitrogen and oxygen atoms in total. The Morgan fingerprint density at radius 3 is 2.60 bits per heavy atom. The van der Waals surface area contributed by atoms with Crippen molar-refractivity contribution in [2.75, 3.05) is 77.1 Å². The number of benzene rings is 1. The van der Waals surface area contributed by atoms with Crippen molar-refractivity contribution in [1.82, 2.24) is 34.9 Å². The van der Waals surface area contributed by atoms with Gasteiger partial charge >= 0.3 is 6.18 Å². The lowest BCUT2D eigenvalue weighted by Crippen LogP contribution is -2.67. The third-order valence-corrected chi connectivity index (χ3v) is 11.3. The van der Waals surface area contributed by atoms with Crippen molar-refractivity contribution in [3.8, 4) is 17.4 Å². The molecule has 0 N–H and O–H groups in total. The van der Waals surface area contributed by atoms with Gasteiger partial charge in [-0.25, -0.2) is 9.37 Å². The van der Waals surface area contributed by atoms with E-state index in [-0.39, 0.29) is 34.3 Å². The van der Waals surface area contributed by atoms with Gasteiger partial charge in [-0.1, -0.05) is 0 Å². The number of fused-ring (bicyclic) bond motifs is 1. The second-order valence-electron chi connectivity index (χ2n) is 15.9. The lowest BCUT2D eigenvalue weighted by Gasteiger charge is -2.58. The van der Waals surface area contributed by atoms with E-state index in [9.17, 15) is 22.4 Å². The first kappa shape index (κ1) is 37.7. The Labute approximate surface area is 316 Å². The summed E-state index contributed by atoms with van der Waals surface area (Å²) >= 11 is 0. The van der Waals surface area contributed by atoms with E-state index in [0.29, 0.717) is 43.6 Å². The molecule has 3 saturated heterocycles. The fraction of sp³-hybridized carbons (Fsp3) is 0.605. The quantitative estimate of drug-likeness (QED) is 0.241. The maximum Gasteiger partial charge on any atom is 0.406 e. The number of pyridine rings is 1. The first-order chi connectivity index (χ1) is 26.4. The van der Waals surface area contributed by atoms with Crippen LogP contribution in [-0.2, 0) is 22.4 Å². The van der Waals surface area contributed by atoms with Gasteiger partial charge in [0.1, 0.15) is 41.9 Å². The number of ether oxygens (including phenoxy) is 4. The zero-order chi connectivity index (χ0) is 38.4. The summed E-state index contributed by atoms with van der Waals surface area (Å²) < 4.78 is 78.5. The Kier molecular flexibility index (Phi) is 10.3. The van der Waals surface area contributed by atoms with E-state index in [1.165, 1.54) is 31.8 Å². The van der Waals surface area contributed by atoms with Gasteiger partial charge in [-0.2, -0.15) is 13.2 Å². The Bertz CT molecular complexity index is 1860. The Morgan fingerprint density at radius 2 is 1.85 bits per heavy atom. The van der Waals surface area contributed by atoms with E-state index >= 15 is 0 Å². The summed E-state index contributed by atoms with van der Waals surface area (Å²) in [5.74, 6) is -0.727. The van der Waals surface area contributed by atoms with Gasteiger partial charge in [-0.05, 0) is 70.5 Å². The maximum atomic E-state index is 14.3. The number of alkyl halides is 3. The molecule has 0 bridgehead atoms. The summed E-state index contributed by atoms with van der Waals surface area (Å²) in [5, 5.41) is 7.91. The summed E-state index contributed by atoms with van der Waals surface area (Å²) in [7, 11) is 0. The average Bonchev–Trinajstić information content (AvgIpc) is 3.11. The molecule has 296 valence electrons. The van der Waals surface area contributed by atoms with Gasteiger partial charge in [0.15, 0.2) is 5.82 Å². The Hall–Kier alpha value is -4.19. The number of rotatable bonds is 12. The summed E-state index contributed by atoms with van der Waals surface area (Å²) in [6, 6.07) is 4.29. The monoisotopic (exact) mass is 770 g/mol. The number of carbonyl (C=O) groups excluding carboxylic acids is 1. The minimum Gasteiger partial charge on any atom is -0.490 e. The molecule has 5 aliphatic rings. The van der Waals surface area contributed by atoms with Gasteiger partial charge in [0.05, 0.1) is 25.4 Å². The van der Waals surface area contributed by atoms with E-state index in [1.807, 2.05) is 17.2 Å². The zero-order valence-electron chi connectivity index (χ0n) is 31.1. The summed E-state index contributed by atoms with van der Waals surface area (Å²) in [5.41, 5.74) is 1.83. The van der Waals surface area contributed by atoms with E-state index in [2.05, 4.69) is 30.0 Å².